The standard InChI is InChI=1S/C34H56O4/c1-6-7-8-9-10-30(35)37-25-14-16-32(4)24(19-25)11-12-26-27(32)15-17-33(5)28(26)20-29-31(33)23(3)34(38-29)18-13-22(2)21-36-34/h22-29,31H,6-21H2,1-5H3/t22-,23-,24+,25+,26+,27-,28+,29-,31+,32-,33-,34+/m0/s1. The highest BCUT2D eigenvalue weighted by atomic mass is 16.7. The van der Waals surface area contributed by atoms with Gasteiger partial charge >= 0.3 is 5.97 Å². The Morgan fingerprint density at radius 1 is 0.895 bits per heavy atom. The molecule has 4 heteroatoms. The maximum absolute atomic E-state index is 12.5. The molecule has 0 aromatic rings. The molecule has 2 aliphatic heterocycles. The lowest BCUT2D eigenvalue weighted by Gasteiger charge is -2.61. The van der Waals surface area contributed by atoms with Crippen molar-refractivity contribution in [3.05, 3.63) is 0 Å². The van der Waals surface area contributed by atoms with Crippen LogP contribution in [-0.2, 0) is 19.0 Å². The van der Waals surface area contributed by atoms with E-state index in [0.717, 1.165) is 62.4 Å². The van der Waals surface area contributed by atoms with Crippen molar-refractivity contribution in [3.8, 4) is 0 Å². The van der Waals surface area contributed by atoms with E-state index in [2.05, 4.69) is 34.6 Å². The summed E-state index contributed by atoms with van der Waals surface area (Å²) >= 11 is 0. The molecule has 0 aromatic heterocycles. The van der Waals surface area contributed by atoms with Crippen LogP contribution in [0, 0.1) is 52.3 Å². The van der Waals surface area contributed by atoms with E-state index in [1.54, 1.807) is 0 Å². The van der Waals surface area contributed by atoms with Gasteiger partial charge in [-0.15, -0.1) is 0 Å². The number of hydrogen-bond donors (Lipinski definition) is 0. The topological polar surface area (TPSA) is 44.8 Å². The second kappa shape index (κ2) is 10.3. The van der Waals surface area contributed by atoms with Crippen molar-refractivity contribution in [1.82, 2.24) is 0 Å². The molecule has 2 saturated heterocycles. The number of esters is 1. The van der Waals surface area contributed by atoms with E-state index in [0.29, 0.717) is 41.1 Å². The van der Waals surface area contributed by atoms with Crippen molar-refractivity contribution in [2.75, 3.05) is 6.61 Å². The third-order valence-corrected chi connectivity index (χ3v) is 13.4. The highest BCUT2D eigenvalue weighted by Gasteiger charge is 2.69. The zero-order valence-electron chi connectivity index (χ0n) is 25.1. The summed E-state index contributed by atoms with van der Waals surface area (Å²) in [4.78, 5) is 12.5. The van der Waals surface area contributed by atoms with Crippen molar-refractivity contribution in [2.24, 2.45) is 52.3 Å². The van der Waals surface area contributed by atoms with Gasteiger partial charge in [0.2, 0.25) is 0 Å². The first-order chi connectivity index (χ1) is 18.2. The average molecular weight is 529 g/mol. The van der Waals surface area contributed by atoms with Crippen molar-refractivity contribution < 1.29 is 19.0 Å². The Hall–Kier alpha value is -0.610. The molecule has 4 nitrogen and oxygen atoms in total. The van der Waals surface area contributed by atoms with E-state index >= 15 is 0 Å². The van der Waals surface area contributed by atoms with E-state index in [1.807, 2.05) is 0 Å². The molecule has 0 unspecified atom stereocenters. The first-order valence-corrected chi connectivity index (χ1v) is 16.7. The number of rotatable bonds is 6. The second-order valence-corrected chi connectivity index (χ2v) is 15.4. The molecule has 0 aromatic carbocycles. The number of hydrogen-bond acceptors (Lipinski definition) is 4. The van der Waals surface area contributed by atoms with Crippen LogP contribution >= 0.6 is 0 Å². The summed E-state index contributed by atoms with van der Waals surface area (Å²) in [5.41, 5.74) is 0.817. The van der Waals surface area contributed by atoms with Gasteiger partial charge in [0.1, 0.15) is 6.10 Å². The van der Waals surface area contributed by atoms with Gasteiger partial charge in [-0.3, -0.25) is 4.79 Å². The monoisotopic (exact) mass is 528 g/mol. The SMILES string of the molecule is CCCCCCC(=O)O[C@@H]1CC[C@@]2(C)[C@H](CC[C@H]3[C@H]4C[C@@H]5O[C@]6(CC[C@H](C)CO6)[C@@H](C)[C@H]5[C@@]4(C)CC[C@@H]32)C1. The van der Waals surface area contributed by atoms with Gasteiger partial charge in [0.15, 0.2) is 5.79 Å². The van der Waals surface area contributed by atoms with Gasteiger partial charge in [-0.2, -0.15) is 0 Å². The van der Waals surface area contributed by atoms with Crippen molar-refractivity contribution in [3.63, 3.8) is 0 Å². The lowest BCUT2D eigenvalue weighted by atomic mass is 9.44. The summed E-state index contributed by atoms with van der Waals surface area (Å²) < 4.78 is 19.5. The third-order valence-electron chi connectivity index (χ3n) is 13.4. The van der Waals surface area contributed by atoms with Gasteiger partial charge in [-0.25, -0.2) is 0 Å². The summed E-state index contributed by atoms with van der Waals surface area (Å²) in [5, 5.41) is 0. The van der Waals surface area contributed by atoms with E-state index in [4.69, 9.17) is 14.2 Å². The molecule has 0 bridgehead atoms. The van der Waals surface area contributed by atoms with Crippen molar-refractivity contribution in [1.29, 1.82) is 0 Å². The van der Waals surface area contributed by atoms with Gasteiger partial charge in [0.25, 0.3) is 0 Å². The molecule has 12 atom stereocenters. The van der Waals surface area contributed by atoms with Crippen LogP contribution in [0.2, 0.25) is 0 Å². The Bertz CT molecular complexity index is 863. The van der Waals surface area contributed by atoms with Gasteiger partial charge in [-0.1, -0.05) is 53.9 Å². The predicted octanol–water partition coefficient (Wildman–Crippen LogP) is 8.32. The molecule has 38 heavy (non-hydrogen) atoms. The van der Waals surface area contributed by atoms with Gasteiger partial charge < -0.3 is 14.2 Å². The van der Waals surface area contributed by atoms with Crippen molar-refractivity contribution in [2.45, 2.75) is 149 Å². The Labute approximate surface area is 232 Å². The second-order valence-electron chi connectivity index (χ2n) is 15.4. The van der Waals surface area contributed by atoms with E-state index < -0.39 is 0 Å². The summed E-state index contributed by atoms with van der Waals surface area (Å²) in [5.74, 6) is 4.77. The van der Waals surface area contributed by atoms with Crippen LogP contribution in [0.3, 0.4) is 0 Å². The van der Waals surface area contributed by atoms with E-state index in [9.17, 15) is 4.79 Å². The number of carbonyl (C=O) groups is 1. The summed E-state index contributed by atoms with van der Waals surface area (Å²) in [6, 6.07) is 0. The van der Waals surface area contributed by atoms with Crippen molar-refractivity contribution >= 4 is 5.97 Å². The molecule has 6 fully saturated rings. The van der Waals surface area contributed by atoms with Gasteiger partial charge in [0.05, 0.1) is 12.7 Å². The molecule has 216 valence electrons. The summed E-state index contributed by atoms with van der Waals surface area (Å²) in [6.07, 6.45) is 18.2. The molecular weight excluding hydrogens is 472 g/mol. The molecule has 0 amide bonds. The fraction of sp³-hybridized carbons (Fsp3) is 0.971. The Kier molecular flexibility index (Phi) is 7.50. The Balaban J connectivity index is 1.10. The minimum Gasteiger partial charge on any atom is -0.462 e. The molecule has 2 heterocycles. The first kappa shape index (κ1) is 27.6. The van der Waals surface area contributed by atoms with Gasteiger partial charge in [-0.05, 0) is 111 Å². The molecular formula is C34H56O4. The molecule has 1 spiro atoms. The van der Waals surface area contributed by atoms with Crippen LogP contribution < -0.4 is 0 Å². The van der Waals surface area contributed by atoms with Crippen LogP contribution in [0.4, 0.5) is 0 Å². The summed E-state index contributed by atoms with van der Waals surface area (Å²) in [7, 11) is 0. The normalized spacial score (nSPS) is 51.7. The number of unbranched alkanes of at least 4 members (excludes halogenated alkanes) is 3. The number of carbonyl (C=O) groups excluding carboxylic acids is 1. The lowest BCUT2D eigenvalue weighted by Crippen LogP contribution is -2.55. The molecule has 0 radical (unpaired) electrons. The maximum atomic E-state index is 12.5. The van der Waals surface area contributed by atoms with Crippen LogP contribution in [0.15, 0.2) is 0 Å². The van der Waals surface area contributed by atoms with E-state index in [-0.39, 0.29) is 17.9 Å². The molecule has 6 aliphatic rings. The van der Waals surface area contributed by atoms with Crippen LogP contribution in [0.5, 0.6) is 0 Å². The van der Waals surface area contributed by atoms with Crippen LogP contribution in [0.25, 0.3) is 0 Å². The fourth-order valence-corrected chi connectivity index (χ4v) is 11.3. The molecule has 4 saturated carbocycles. The number of ether oxygens (including phenoxy) is 3. The minimum absolute atomic E-state index is 0.0533. The lowest BCUT2D eigenvalue weighted by molar-refractivity contribution is -0.273. The fourth-order valence-electron chi connectivity index (χ4n) is 11.3. The highest BCUT2D eigenvalue weighted by Crippen LogP contribution is 2.71. The summed E-state index contributed by atoms with van der Waals surface area (Å²) in [6.45, 7) is 13.1. The Morgan fingerprint density at radius 2 is 1.71 bits per heavy atom. The van der Waals surface area contributed by atoms with E-state index in [1.165, 1.54) is 57.8 Å². The first-order valence-electron chi connectivity index (χ1n) is 16.7. The maximum Gasteiger partial charge on any atom is 0.306 e. The van der Waals surface area contributed by atoms with Gasteiger partial charge in [0, 0.05) is 18.8 Å². The molecule has 0 N–H and O–H groups in total. The highest BCUT2D eigenvalue weighted by molar-refractivity contribution is 5.69. The predicted molar refractivity (Wildman–Crippen MR) is 150 cm³/mol. The zero-order chi connectivity index (χ0) is 26.7. The minimum atomic E-state index is -0.303. The van der Waals surface area contributed by atoms with Crippen LogP contribution in [0.1, 0.15) is 131 Å². The largest absolute Gasteiger partial charge is 0.462 e. The smallest absolute Gasteiger partial charge is 0.306 e. The van der Waals surface area contributed by atoms with Crippen LogP contribution in [-0.4, -0.2) is 30.6 Å². The molecule has 6 rings (SSSR count). The number of fused-ring (bicyclic) bond motifs is 7. The average Bonchev–Trinajstić information content (AvgIpc) is 3.34. The zero-order valence-corrected chi connectivity index (χ0v) is 25.1. The molecule has 4 aliphatic carbocycles. The third kappa shape index (κ3) is 4.41. The quantitative estimate of drug-likeness (QED) is 0.257. The Morgan fingerprint density at radius 3 is 2.47 bits per heavy atom.